The first-order valence-corrected chi connectivity index (χ1v) is 4.38. The molecule has 0 saturated heterocycles. The fourth-order valence-corrected chi connectivity index (χ4v) is 1.15. The van der Waals surface area contributed by atoms with E-state index in [1.807, 2.05) is 0 Å². The van der Waals surface area contributed by atoms with Crippen LogP contribution in [0.15, 0.2) is 12.3 Å². The maximum Gasteiger partial charge on any atom is 0.277 e. The third kappa shape index (κ3) is 2.78. The molecule has 5 N–H and O–H groups in total. The van der Waals surface area contributed by atoms with E-state index in [1.54, 1.807) is 0 Å². The highest BCUT2D eigenvalue weighted by Gasteiger charge is 2.38. The largest absolute Gasteiger partial charge is 0.378 e. The highest BCUT2D eigenvalue weighted by Crippen LogP contribution is 2.10. The number of amides is 3. The minimum absolute atomic E-state index is 0.476. The fourth-order valence-electron chi connectivity index (χ4n) is 1.15. The zero-order valence-electron chi connectivity index (χ0n) is 8.19. The van der Waals surface area contributed by atoms with Crippen molar-refractivity contribution in [3.8, 4) is 0 Å². The van der Waals surface area contributed by atoms with Crippen LogP contribution in [0, 0.1) is 0 Å². The van der Waals surface area contributed by atoms with Gasteiger partial charge in [-0.25, -0.2) is 5.48 Å². The molecule has 1 rings (SSSR count). The van der Waals surface area contributed by atoms with Gasteiger partial charge in [0.2, 0.25) is 11.8 Å². The van der Waals surface area contributed by atoms with Gasteiger partial charge in [-0.1, -0.05) is 0 Å². The number of hydrogen-bond acceptors (Lipinski definition) is 5. The molecule has 0 unspecified atom stereocenters. The van der Waals surface area contributed by atoms with Crippen LogP contribution in [-0.2, 0) is 14.4 Å². The van der Waals surface area contributed by atoms with Gasteiger partial charge >= 0.3 is 0 Å². The summed E-state index contributed by atoms with van der Waals surface area (Å²) < 4.78 is 0. The Bertz CT molecular complexity index is 354. The molecule has 1 aliphatic heterocycles. The van der Waals surface area contributed by atoms with E-state index in [9.17, 15) is 19.5 Å². The molecule has 8 nitrogen and oxygen atoms in total. The molecule has 0 aliphatic carbocycles. The van der Waals surface area contributed by atoms with Crippen molar-refractivity contribution in [1.82, 2.24) is 16.1 Å². The van der Waals surface area contributed by atoms with Crippen LogP contribution in [0.3, 0.4) is 0 Å². The Labute approximate surface area is 90.3 Å². The summed E-state index contributed by atoms with van der Waals surface area (Å²) in [5, 5.41) is 22.6. The molecule has 16 heavy (non-hydrogen) atoms. The van der Waals surface area contributed by atoms with Crippen LogP contribution in [0.4, 0.5) is 0 Å². The summed E-state index contributed by atoms with van der Waals surface area (Å²) in [6, 6.07) is 0. The normalized spacial score (nSPS) is 27.9. The Morgan fingerprint density at radius 3 is 2.81 bits per heavy atom. The molecule has 1 atom stereocenters. The van der Waals surface area contributed by atoms with Crippen LogP contribution >= 0.6 is 0 Å². The molecule has 1 heterocycles. The minimum Gasteiger partial charge on any atom is -0.378 e. The number of hydrogen-bond donors (Lipinski definition) is 5. The molecule has 0 bridgehead atoms. The number of aliphatic hydroxyl groups is 1. The lowest BCUT2D eigenvalue weighted by Gasteiger charge is -2.24. The van der Waals surface area contributed by atoms with Gasteiger partial charge in [0.1, 0.15) is 0 Å². The summed E-state index contributed by atoms with van der Waals surface area (Å²) in [6.45, 7) is -0.476. The smallest absolute Gasteiger partial charge is 0.277 e. The lowest BCUT2D eigenvalue weighted by molar-refractivity contribution is -0.152. The van der Waals surface area contributed by atoms with Crippen molar-refractivity contribution in [2.45, 2.75) is 12.0 Å². The monoisotopic (exact) mass is 229 g/mol. The second-order valence-corrected chi connectivity index (χ2v) is 3.27. The van der Waals surface area contributed by atoms with Crippen molar-refractivity contribution in [2.24, 2.45) is 0 Å². The third-order valence-electron chi connectivity index (χ3n) is 2.01. The van der Waals surface area contributed by atoms with Gasteiger partial charge in [-0.2, -0.15) is 0 Å². The fraction of sp³-hybridized carbons (Fsp3) is 0.375. The van der Waals surface area contributed by atoms with Crippen molar-refractivity contribution in [2.75, 3.05) is 6.54 Å². The highest BCUT2D eigenvalue weighted by molar-refractivity contribution is 5.94. The maximum atomic E-state index is 11.2. The molecule has 3 amide bonds. The molecule has 8 heteroatoms. The number of carbonyl (C=O) groups is 3. The predicted molar refractivity (Wildman–Crippen MR) is 49.8 cm³/mol. The van der Waals surface area contributed by atoms with Gasteiger partial charge in [0.05, 0.1) is 13.0 Å². The lowest BCUT2D eigenvalue weighted by Crippen LogP contribution is -2.54. The molecule has 0 fully saturated rings. The SMILES string of the molecule is O=C1/C=C\NC(=O)C[C@@](O)(C(=O)NO)CN1. The van der Waals surface area contributed by atoms with E-state index in [-0.39, 0.29) is 0 Å². The first-order chi connectivity index (χ1) is 7.48. The van der Waals surface area contributed by atoms with E-state index in [0.717, 1.165) is 12.3 Å². The molecule has 1 aliphatic rings. The van der Waals surface area contributed by atoms with Crippen molar-refractivity contribution in [1.29, 1.82) is 0 Å². The van der Waals surface area contributed by atoms with Crippen LogP contribution in [0.25, 0.3) is 0 Å². The van der Waals surface area contributed by atoms with E-state index >= 15 is 0 Å². The van der Waals surface area contributed by atoms with Gasteiger partial charge in [0.15, 0.2) is 5.60 Å². The maximum absolute atomic E-state index is 11.2. The Balaban J connectivity index is 2.89. The first-order valence-electron chi connectivity index (χ1n) is 4.38. The lowest BCUT2D eigenvalue weighted by atomic mass is 9.98. The number of rotatable bonds is 1. The number of hydroxylamine groups is 1. The summed E-state index contributed by atoms with van der Waals surface area (Å²) in [6.07, 6.45) is 1.56. The Morgan fingerprint density at radius 1 is 1.50 bits per heavy atom. The van der Waals surface area contributed by atoms with Crippen molar-refractivity contribution < 1.29 is 24.7 Å². The van der Waals surface area contributed by atoms with Crippen LogP contribution in [0.5, 0.6) is 0 Å². The molecular weight excluding hydrogens is 218 g/mol. The summed E-state index contributed by atoms with van der Waals surface area (Å²) in [5.41, 5.74) is -0.942. The molecule has 0 aromatic rings. The summed E-state index contributed by atoms with van der Waals surface area (Å²) in [7, 11) is 0. The second-order valence-electron chi connectivity index (χ2n) is 3.27. The zero-order valence-corrected chi connectivity index (χ0v) is 8.19. The molecule has 0 aromatic carbocycles. The van der Waals surface area contributed by atoms with E-state index in [4.69, 9.17) is 5.21 Å². The minimum atomic E-state index is -2.18. The molecule has 0 aromatic heterocycles. The van der Waals surface area contributed by atoms with Crippen LogP contribution in [0.1, 0.15) is 6.42 Å². The predicted octanol–water partition coefficient (Wildman–Crippen LogP) is -2.63. The number of β-amino-alcohol motifs (C(OH)–C–C–N with tert-alkyl or cyclic N) is 1. The van der Waals surface area contributed by atoms with E-state index in [0.29, 0.717) is 0 Å². The third-order valence-corrected chi connectivity index (χ3v) is 2.01. The Morgan fingerprint density at radius 2 is 2.19 bits per heavy atom. The summed E-state index contributed by atoms with van der Waals surface area (Å²) in [4.78, 5) is 33.4. The zero-order chi connectivity index (χ0) is 12.2. The summed E-state index contributed by atoms with van der Waals surface area (Å²) in [5.74, 6) is -2.39. The van der Waals surface area contributed by atoms with E-state index in [1.165, 1.54) is 5.48 Å². The molecule has 0 spiro atoms. The Kier molecular flexibility index (Phi) is 3.59. The van der Waals surface area contributed by atoms with Crippen LogP contribution in [0.2, 0.25) is 0 Å². The van der Waals surface area contributed by atoms with Crippen LogP contribution < -0.4 is 16.1 Å². The van der Waals surface area contributed by atoms with Gasteiger partial charge in [-0.15, -0.1) is 0 Å². The van der Waals surface area contributed by atoms with E-state index in [2.05, 4.69) is 10.6 Å². The topological polar surface area (TPSA) is 128 Å². The van der Waals surface area contributed by atoms with Gasteiger partial charge < -0.3 is 15.7 Å². The van der Waals surface area contributed by atoms with Gasteiger partial charge in [0.25, 0.3) is 5.91 Å². The second kappa shape index (κ2) is 4.73. The van der Waals surface area contributed by atoms with Gasteiger partial charge in [-0.05, 0) is 0 Å². The van der Waals surface area contributed by atoms with Gasteiger partial charge in [0, 0.05) is 12.3 Å². The molecule has 0 radical (unpaired) electrons. The molecule has 0 saturated carbocycles. The Hall–Kier alpha value is -1.93. The van der Waals surface area contributed by atoms with Crippen molar-refractivity contribution >= 4 is 17.7 Å². The number of nitrogens with one attached hydrogen (secondary N) is 3. The van der Waals surface area contributed by atoms with E-state index < -0.39 is 36.3 Å². The standard InChI is InChI=1S/C8H11N3O5/c12-5-1-2-9-6(13)3-8(15,4-10-5)7(14)11-16/h1-2,15-16H,3-4H2,(H,9,13)(H,10,12)(H,11,14)/b2-1-/t8-/m0/s1. The van der Waals surface area contributed by atoms with Crippen molar-refractivity contribution in [3.63, 3.8) is 0 Å². The average molecular weight is 229 g/mol. The summed E-state index contributed by atoms with van der Waals surface area (Å²) >= 11 is 0. The molecular formula is C8H11N3O5. The first kappa shape index (κ1) is 12.1. The van der Waals surface area contributed by atoms with Crippen molar-refractivity contribution in [3.05, 3.63) is 12.3 Å². The molecule has 88 valence electrons. The highest BCUT2D eigenvalue weighted by atomic mass is 16.5. The number of carbonyl (C=O) groups excluding carboxylic acids is 3. The van der Waals surface area contributed by atoms with Crippen LogP contribution in [-0.4, -0.2) is 40.2 Å². The quantitative estimate of drug-likeness (QED) is 0.248. The average Bonchev–Trinajstić information content (AvgIpc) is 2.30. The van der Waals surface area contributed by atoms with Gasteiger partial charge in [-0.3, -0.25) is 19.6 Å².